The predicted molar refractivity (Wildman–Crippen MR) is 83.6 cm³/mol. The number of halogens is 1. The van der Waals surface area contributed by atoms with E-state index in [2.05, 4.69) is 38.7 Å². The highest BCUT2D eigenvalue weighted by molar-refractivity contribution is 6.32. The second-order valence-corrected chi connectivity index (χ2v) is 6.31. The number of aryl methyl sites for hydroxylation is 1. The zero-order chi connectivity index (χ0) is 14.9. The van der Waals surface area contributed by atoms with Crippen LogP contribution in [-0.2, 0) is 5.41 Å². The number of ether oxygens (including phenoxy) is 1. The molecule has 1 heterocycles. The Kier molecular flexibility index (Phi) is 3.91. The van der Waals surface area contributed by atoms with Crippen LogP contribution >= 0.6 is 11.6 Å². The number of aromatic nitrogens is 1. The molecule has 1 aromatic carbocycles. The quantitative estimate of drug-likeness (QED) is 0.871. The zero-order valence-corrected chi connectivity index (χ0v) is 13.0. The molecule has 0 unspecified atom stereocenters. The van der Waals surface area contributed by atoms with Gasteiger partial charge in [-0.1, -0.05) is 50.1 Å². The molecule has 0 atom stereocenters. The lowest BCUT2D eigenvalue weighted by molar-refractivity contribution is 0.440. The molecule has 0 radical (unpaired) electrons. The second kappa shape index (κ2) is 5.33. The van der Waals surface area contributed by atoms with Crippen LogP contribution in [0.1, 0.15) is 31.9 Å². The fraction of sp³-hybridized carbons (Fsp3) is 0.312. The summed E-state index contributed by atoms with van der Waals surface area (Å²) < 4.78 is 5.88. The van der Waals surface area contributed by atoms with E-state index in [1.54, 1.807) is 6.07 Å². The molecule has 0 aliphatic carbocycles. The second-order valence-electron chi connectivity index (χ2n) is 5.91. The maximum absolute atomic E-state index is 6.11. The first-order chi connectivity index (χ1) is 9.27. The van der Waals surface area contributed by atoms with E-state index in [1.807, 2.05) is 12.1 Å². The first kappa shape index (κ1) is 14.7. The average molecular weight is 291 g/mol. The highest BCUT2D eigenvalue weighted by Gasteiger charge is 2.20. The summed E-state index contributed by atoms with van der Waals surface area (Å²) in [6.45, 7) is 8.50. The molecule has 20 heavy (non-hydrogen) atoms. The van der Waals surface area contributed by atoms with E-state index < -0.39 is 0 Å². The molecule has 2 aromatic rings. The Bertz CT molecular complexity index is 633. The van der Waals surface area contributed by atoms with Crippen LogP contribution in [0.3, 0.4) is 0 Å². The van der Waals surface area contributed by atoms with Crippen molar-refractivity contribution in [3.8, 4) is 11.6 Å². The van der Waals surface area contributed by atoms with Crippen LogP contribution < -0.4 is 10.5 Å². The van der Waals surface area contributed by atoms with Gasteiger partial charge >= 0.3 is 0 Å². The van der Waals surface area contributed by atoms with Crippen molar-refractivity contribution in [3.05, 3.63) is 46.6 Å². The van der Waals surface area contributed by atoms with E-state index in [4.69, 9.17) is 22.1 Å². The van der Waals surface area contributed by atoms with Crippen molar-refractivity contribution in [3.63, 3.8) is 0 Å². The van der Waals surface area contributed by atoms with Gasteiger partial charge in [-0.05, 0) is 24.5 Å². The molecule has 0 bridgehead atoms. The van der Waals surface area contributed by atoms with Gasteiger partial charge in [-0.25, -0.2) is 4.98 Å². The summed E-state index contributed by atoms with van der Waals surface area (Å²) >= 11 is 6.11. The van der Waals surface area contributed by atoms with Crippen LogP contribution in [0, 0.1) is 6.92 Å². The van der Waals surface area contributed by atoms with E-state index in [0.717, 1.165) is 11.3 Å². The number of hydrogen-bond donors (Lipinski definition) is 1. The lowest BCUT2D eigenvalue weighted by Gasteiger charge is -2.23. The molecular formula is C16H19ClN2O. The fourth-order valence-electron chi connectivity index (χ4n) is 1.94. The van der Waals surface area contributed by atoms with Crippen molar-refractivity contribution >= 4 is 17.3 Å². The van der Waals surface area contributed by atoms with Crippen molar-refractivity contribution in [1.29, 1.82) is 0 Å². The van der Waals surface area contributed by atoms with Crippen LogP contribution in [0.25, 0.3) is 0 Å². The third-order valence-corrected chi connectivity index (χ3v) is 3.25. The third-order valence-electron chi connectivity index (χ3n) is 2.98. The number of rotatable bonds is 2. The summed E-state index contributed by atoms with van der Waals surface area (Å²) in [4.78, 5) is 4.14. The molecule has 1 aromatic heterocycles. The fourth-order valence-corrected chi connectivity index (χ4v) is 2.15. The Hall–Kier alpha value is -1.74. The summed E-state index contributed by atoms with van der Waals surface area (Å²) in [5.74, 6) is 1.14. The SMILES string of the molecule is Cc1ccc(Oc2ncc(N)cc2Cl)c(C(C)(C)C)c1. The summed E-state index contributed by atoms with van der Waals surface area (Å²) in [7, 11) is 0. The normalized spacial score (nSPS) is 11.4. The number of benzene rings is 1. The van der Waals surface area contributed by atoms with Crippen LogP contribution in [-0.4, -0.2) is 4.98 Å². The number of hydrogen-bond acceptors (Lipinski definition) is 3. The van der Waals surface area contributed by atoms with E-state index in [1.165, 1.54) is 11.8 Å². The molecule has 2 N–H and O–H groups in total. The van der Waals surface area contributed by atoms with Gasteiger partial charge in [-0.3, -0.25) is 0 Å². The van der Waals surface area contributed by atoms with Gasteiger partial charge < -0.3 is 10.5 Å². The molecule has 0 saturated carbocycles. The van der Waals surface area contributed by atoms with E-state index in [-0.39, 0.29) is 5.41 Å². The molecule has 106 valence electrons. The molecule has 2 rings (SSSR count). The first-order valence-corrected chi connectivity index (χ1v) is 6.85. The number of anilines is 1. The Balaban J connectivity index is 2.43. The molecule has 3 nitrogen and oxygen atoms in total. The van der Waals surface area contributed by atoms with Crippen LogP contribution in [0.5, 0.6) is 11.6 Å². The molecule has 4 heteroatoms. The third kappa shape index (κ3) is 3.23. The van der Waals surface area contributed by atoms with Crippen LogP contribution in [0.4, 0.5) is 5.69 Å². The summed E-state index contributed by atoms with van der Waals surface area (Å²) in [5, 5.41) is 0.408. The van der Waals surface area contributed by atoms with Gasteiger partial charge in [0.15, 0.2) is 0 Å². The molecule has 0 amide bonds. The zero-order valence-electron chi connectivity index (χ0n) is 12.2. The van der Waals surface area contributed by atoms with Gasteiger partial charge in [0.05, 0.1) is 11.9 Å². The number of nitrogens with two attached hydrogens (primary N) is 1. The minimum atomic E-state index is -0.0262. The van der Waals surface area contributed by atoms with Gasteiger partial charge in [-0.2, -0.15) is 0 Å². The van der Waals surface area contributed by atoms with Crippen molar-refractivity contribution in [1.82, 2.24) is 4.98 Å². The van der Waals surface area contributed by atoms with Gasteiger partial charge in [-0.15, -0.1) is 0 Å². The Morgan fingerprint density at radius 2 is 1.90 bits per heavy atom. The minimum absolute atomic E-state index is 0.0262. The maximum atomic E-state index is 6.11. The summed E-state index contributed by atoms with van der Waals surface area (Å²) in [6.07, 6.45) is 1.53. The molecular weight excluding hydrogens is 272 g/mol. The largest absolute Gasteiger partial charge is 0.437 e. The maximum Gasteiger partial charge on any atom is 0.238 e. The average Bonchev–Trinajstić information content (AvgIpc) is 2.33. The number of pyridine rings is 1. The molecule has 0 aliphatic rings. The van der Waals surface area contributed by atoms with E-state index >= 15 is 0 Å². The predicted octanol–water partition coefficient (Wildman–Crippen LogP) is 4.72. The Morgan fingerprint density at radius 1 is 1.20 bits per heavy atom. The molecule has 0 fully saturated rings. The standard InChI is InChI=1S/C16H19ClN2O/c1-10-5-6-14(12(7-10)16(2,3)4)20-15-13(17)8-11(18)9-19-15/h5-9H,18H2,1-4H3. The summed E-state index contributed by atoms with van der Waals surface area (Å²) in [5.41, 5.74) is 8.44. The van der Waals surface area contributed by atoms with E-state index in [9.17, 15) is 0 Å². The summed E-state index contributed by atoms with van der Waals surface area (Å²) in [6, 6.07) is 7.72. The van der Waals surface area contributed by atoms with Crippen LogP contribution in [0.15, 0.2) is 30.5 Å². The van der Waals surface area contributed by atoms with Crippen LogP contribution in [0.2, 0.25) is 5.02 Å². The molecule has 0 saturated heterocycles. The highest BCUT2D eigenvalue weighted by atomic mass is 35.5. The number of nitrogens with zero attached hydrogens (tertiary/aromatic N) is 1. The van der Waals surface area contributed by atoms with Crippen molar-refractivity contribution in [2.24, 2.45) is 0 Å². The Morgan fingerprint density at radius 3 is 2.50 bits per heavy atom. The monoisotopic (exact) mass is 290 g/mol. The topological polar surface area (TPSA) is 48.1 Å². The van der Waals surface area contributed by atoms with Gasteiger partial charge in [0.1, 0.15) is 10.8 Å². The minimum Gasteiger partial charge on any atom is -0.437 e. The van der Waals surface area contributed by atoms with Gasteiger partial charge in [0.25, 0.3) is 0 Å². The smallest absolute Gasteiger partial charge is 0.238 e. The van der Waals surface area contributed by atoms with Crippen molar-refractivity contribution in [2.45, 2.75) is 33.1 Å². The van der Waals surface area contributed by atoms with Crippen molar-refractivity contribution < 1.29 is 4.74 Å². The Labute approximate surface area is 124 Å². The highest BCUT2D eigenvalue weighted by Crippen LogP contribution is 2.36. The lowest BCUT2D eigenvalue weighted by Crippen LogP contribution is -2.13. The van der Waals surface area contributed by atoms with Gasteiger partial charge in [0.2, 0.25) is 5.88 Å². The molecule has 0 spiro atoms. The van der Waals surface area contributed by atoms with Crippen molar-refractivity contribution in [2.75, 3.05) is 5.73 Å². The van der Waals surface area contributed by atoms with Gasteiger partial charge in [0, 0.05) is 5.56 Å². The van der Waals surface area contributed by atoms with E-state index in [0.29, 0.717) is 16.6 Å². The number of nitrogen functional groups attached to an aromatic ring is 1. The molecule has 0 aliphatic heterocycles. The lowest BCUT2D eigenvalue weighted by atomic mass is 9.85. The first-order valence-electron chi connectivity index (χ1n) is 6.47.